The molecule has 41 heavy (non-hydrogen) atoms. The summed E-state index contributed by atoms with van der Waals surface area (Å²) < 4.78 is 47.7. The van der Waals surface area contributed by atoms with Gasteiger partial charge in [-0.25, -0.2) is 4.79 Å². The van der Waals surface area contributed by atoms with Crippen LogP contribution in [0.1, 0.15) is 86.2 Å². The summed E-state index contributed by atoms with van der Waals surface area (Å²) in [6.45, 7) is 10.9. The van der Waals surface area contributed by atoms with Gasteiger partial charge < -0.3 is 9.41 Å². The van der Waals surface area contributed by atoms with Gasteiger partial charge in [-0.1, -0.05) is 69.3 Å². The van der Waals surface area contributed by atoms with E-state index in [1.807, 2.05) is 18.2 Å². The van der Waals surface area contributed by atoms with Crippen LogP contribution in [0.15, 0.2) is 64.2 Å². The summed E-state index contributed by atoms with van der Waals surface area (Å²) in [7, 11) is -2.10. The molecule has 3 aromatic rings. The van der Waals surface area contributed by atoms with Crippen molar-refractivity contribution in [1.29, 1.82) is 0 Å². The molecule has 1 fully saturated rings. The van der Waals surface area contributed by atoms with E-state index in [1.165, 1.54) is 11.6 Å². The molecule has 0 atom stereocenters. The Labute approximate surface area is 240 Å². The molecule has 1 aliphatic carbocycles. The first-order chi connectivity index (χ1) is 19.2. The summed E-state index contributed by atoms with van der Waals surface area (Å²) >= 11 is 0. The fourth-order valence-corrected chi connectivity index (χ4v) is 6.50. The van der Waals surface area contributed by atoms with Crippen LogP contribution in [0.25, 0.3) is 0 Å². The number of rotatable bonds is 8. The largest absolute Gasteiger partial charge is 0.416 e. The van der Waals surface area contributed by atoms with E-state index in [2.05, 4.69) is 51.0 Å². The van der Waals surface area contributed by atoms with Crippen LogP contribution in [0.4, 0.5) is 13.2 Å². The summed E-state index contributed by atoms with van der Waals surface area (Å²) in [5.41, 5.74) is 0.873. The highest BCUT2D eigenvalue weighted by Gasteiger charge is 2.37. The van der Waals surface area contributed by atoms with Gasteiger partial charge in [-0.05, 0) is 72.8 Å². The Morgan fingerprint density at radius 1 is 0.927 bits per heavy atom. The molecule has 0 spiro atoms. The normalized spacial score (nSPS) is 18.4. The second-order valence-corrected chi connectivity index (χ2v) is 17.5. The maximum Gasteiger partial charge on any atom is 0.416 e. The topological polar surface area (TPSA) is 64.1 Å². The molecule has 5 nitrogen and oxygen atoms in total. The number of hydrogen-bond acceptors (Lipinski definition) is 3. The zero-order valence-electron chi connectivity index (χ0n) is 24.6. The first-order valence-corrected chi connectivity index (χ1v) is 17.3. The number of aromatic nitrogens is 2. The van der Waals surface area contributed by atoms with E-state index in [0.29, 0.717) is 22.7 Å². The average Bonchev–Trinajstić information content (AvgIpc) is 2.91. The Bertz CT molecular complexity index is 1450. The summed E-state index contributed by atoms with van der Waals surface area (Å²) in [6, 6.07) is 15.4. The molecule has 0 amide bonds. The molecule has 222 valence electrons. The average molecular weight is 587 g/mol. The molecule has 1 heterocycles. The van der Waals surface area contributed by atoms with Gasteiger partial charge in [0.05, 0.1) is 18.7 Å². The Morgan fingerprint density at radius 3 is 2.17 bits per heavy atom. The zero-order chi connectivity index (χ0) is 30.0. The van der Waals surface area contributed by atoms with Gasteiger partial charge in [0.15, 0.2) is 8.32 Å². The van der Waals surface area contributed by atoms with E-state index < -0.39 is 31.3 Å². The maximum atomic E-state index is 13.9. The van der Waals surface area contributed by atoms with Crippen molar-refractivity contribution in [2.75, 3.05) is 6.61 Å². The maximum absolute atomic E-state index is 13.9. The summed E-state index contributed by atoms with van der Waals surface area (Å²) in [4.78, 5) is 30.1. The third kappa shape index (κ3) is 7.30. The van der Waals surface area contributed by atoms with Crippen molar-refractivity contribution in [1.82, 2.24) is 9.55 Å². The Kier molecular flexibility index (Phi) is 9.18. The van der Waals surface area contributed by atoms with E-state index in [9.17, 15) is 22.8 Å². The second-order valence-electron chi connectivity index (χ2n) is 12.7. The third-order valence-corrected chi connectivity index (χ3v) is 13.5. The minimum Gasteiger partial charge on any atom is -0.415 e. The van der Waals surface area contributed by atoms with E-state index in [0.717, 1.165) is 42.4 Å². The van der Waals surface area contributed by atoms with E-state index >= 15 is 0 Å². The second kappa shape index (κ2) is 12.1. The van der Waals surface area contributed by atoms with Gasteiger partial charge in [0.2, 0.25) is 0 Å². The highest BCUT2D eigenvalue weighted by molar-refractivity contribution is 6.74. The molecule has 1 N–H and O–H groups in total. The predicted molar refractivity (Wildman–Crippen MR) is 159 cm³/mol. The van der Waals surface area contributed by atoms with Crippen LogP contribution < -0.4 is 11.2 Å². The van der Waals surface area contributed by atoms with Gasteiger partial charge in [0.25, 0.3) is 5.56 Å². The molecule has 1 aromatic heterocycles. The van der Waals surface area contributed by atoms with E-state index in [4.69, 9.17) is 4.43 Å². The molecule has 1 aliphatic rings. The van der Waals surface area contributed by atoms with Gasteiger partial charge >= 0.3 is 11.9 Å². The number of alkyl halides is 3. The van der Waals surface area contributed by atoms with Crippen LogP contribution in [-0.2, 0) is 23.6 Å². The lowest BCUT2D eigenvalue weighted by Crippen LogP contribution is -2.44. The summed E-state index contributed by atoms with van der Waals surface area (Å²) in [5, 5.41) is -0.0263. The molecule has 9 heteroatoms. The van der Waals surface area contributed by atoms with Crippen LogP contribution in [0.3, 0.4) is 0 Å². The number of nitrogens with zero attached hydrogens (tertiary/aromatic N) is 1. The Morgan fingerprint density at radius 2 is 1.56 bits per heavy atom. The molecule has 0 radical (unpaired) electrons. The molecule has 1 saturated carbocycles. The molecule has 0 bridgehead atoms. The number of nitrogens with one attached hydrogen (secondary N) is 1. The zero-order valence-corrected chi connectivity index (χ0v) is 25.6. The monoisotopic (exact) mass is 586 g/mol. The SMILES string of the molecule is CC(C)(C)[Si](C)(C)OCCn1c(=O)[nH]c(C2CCC(c3ccccc3)CC2)c(Cc2cccc(C(F)(F)F)c2)c1=O. The van der Waals surface area contributed by atoms with Crippen LogP contribution in [0.2, 0.25) is 18.1 Å². The number of H-pyrrole nitrogens is 1. The summed E-state index contributed by atoms with van der Waals surface area (Å²) in [6.07, 6.45) is -1.10. The lowest BCUT2D eigenvalue weighted by molar-refractivity contribution is -0.137. The van der Waals surface area contributed by atoms with Gasteiger partial charge in [-0.15, -0.1) is 0 Å². The first kappa shape index (κ1) is 31.0. The van der Waals surface area contributed by atoms with Crippen molar-refractivity contribution in [3.8, 4) is 0 Å². The smallest absolute Gasteiger partial charge is 0.415 e. The predicted octanol–water partition coefficient (Wildman–Crippen LogP) is 7.61. The van der Waals surface area contributed by atoms with Gasteiger partial charge in [-0.2, -0.15) is 13.2 Å². The van der Waals surface area contributed by atoms with Gasteiger partial charge in [0.1, 0.15) is 0 Å². The first-order valence-electron chi connectivity index (χ1n) is 14.4. The molecule has 2 aromatic carbocycles. The lowest BCUT2D eigenvalue weighted by Gasteiger charge is -2.36. The van der Waals surface area contributed by atoms with Crippen LogP contribution >= 0.6 is 0 Å². The number of benzene rings is 2. The van der Waals surface area contributed by atoms with Crippen molar-refractivity contribution in [3.63, 3.8) is 0 Å². The van der Waals surface area contributed by atoms with E-state index in [1.54, 1.807) is 6.07 Å². The lowest BCUT2D eigenvalue weighted by atomic mass is 9.76. The van der Waals surface area contributed by atoms with Crippen LogP contribution in [0.5, 0.6) is 0 Å². The standard InChI is InChI=1S/C32H41F3N2O3Si/c1-31(2,3)41(4,5)40-19-18-37-29(38)27(21-22-10-9-13-26(20-22)32(33,34)35)28(36-30(37)39)25-16-14-24(15-17-25)23-11-7-6-8-12-23/h6-13,20,24-25H,14-19,21H2,1-5H3,(H,36,39). The van der Waals surface area contributed by atoms with Crippen molar-refractivity contribution in [3.05, 3.63) is 103 Å². The highest BCUT2D eigenvalue weighted by Crippen LogP contribution is 2.41. The fraction of sp³-hybridized carbons (Fsp3) is 0.500. The Balaban J connectivity index is 1.66. The minimum atomic E-state index is -4.49. The van der Waals surface area contributed by atoms with Crippen molar-refractivity contribution >= 4 is 8.32 Å². The van der Waals surface area contributed by atoms with Gasteiger partial charge in [0, 0.05) is 17.7 Å². The molecule has 4 rings (SSSR count). The minimum absolute atomic E-state index is 0.0105. The van der Waals surface area contributed by atoms with Crippen molar-refractivity contribution < 1.29 is 17.6 Å². The Hall–Kier alpha value is -2.91. The van der Waals surface area contributed by atoms with E-state index in [-0.39, 0.29) is 30.5 Å². The molecular formula is C32H41F3N2O3Si. The van der Waals surface area contributed by atoms with Crippen LogP contribution in [0, 0.1) is 0 Å². The molecule has 0 saturated heterocycles. The quantitative estimate of drug-likeness (QED) is 0.276. The van der Waals surface area contributed by atoms with Crippen molar-refractivity contribution in [2.24, 2.45) is 0 Å². The number of aromatic amines is 1. The van der Waals surface area contributed by atoms with Crippen LogP contribution in [-0.4, -0.2) is 24.5 Å². The summed E-state index contributed by atoms with van der Waals surface area (Å²) in [5.74, 6) is 0.355. The highest BCUT2D eigenvalue weighted by atomic mass is 28.4. The molecule has 0 aliphatic heterocycles. The molecule has 0 unspecified atom stereocenters. The molecular weight excluding hydrogens is 545 g/mol. The third-order valence-electron chi connectivity index (χ3n) is 8.94. The number of halogens is 3. The van der Waals surface area contributed by atoms with Crippen molar-refractivity contribution in [2.45, 2.75) is 95.6 Å². The fourth-order valence-electron chi connectivity index (χ4n) is 5.46. The number of hydrogen-bond donors (Lipinski definition) is 1. The van der Waals surface area contributed by atoms with Gasteiger partial charge in [-0.3, -0.25) is 9.36 Å².